The van der Waals surface area contributed by atoms with Gasteiger partial charge >= 0.3 is 16.2 Å². The van der Waals surface area contributed by atoms with E-state index in [9.17, 15) is 17.1 Å². The summed E-state index contributed by atoms with van der Waals surface area (Å²) in [4.78, 5) is 9.80. The van der Waals surface area contributed by atoms with Crippen molar-refractivity contribution < 1.29 is 22.2 Å². The third-order valence-electron chi connectivity index (χ3n) is 1.45. The van der Waals surface area contributed by atoms with Gasteiger partial charge in [0.1, 0.15) is 4.90 Å². The zero-order valence-electron chi connectivity index (χ0n) is 6.57. The molecule has 1 rings (SSSR count). The van der Waals surface area contributed by atoms with Gasteiger partial charge in [0.15, 0.2) is 0 Å². The molecule has 0 radical (unpaired) electrons. The standard InChI is InChI=1S/C7H4ClFO4S/c8-6-3-4(14(9,12)13)1-2-5(6)7(10)11/h1-3H,(H,10,11). The highest BCUT2D eigenvalue weighted by Gasteiger charge is 2.16. The van der Waals surface area contributed by atoms with Crippen LogP contribution in [0, 0.1) is 0 Å². The maximum Gasteiger partial charge on any atom is 0.337 e. The predicted octanol–water partition coefficient (Wildman–Crippen LogP) is 1.70. The van der Waals surface area contributed by atoms with Gasteiger partial charge in [-0.05, 0) is 18.2 Å². The van der Waals surface area contributed by atoms with E-state index < -0.39 is 21.1 Å². The molecule has 0 bridgehead atoms. The van der Waals surface area contributed by atoms with Crippen LogP contribution in [0.5, 0.6) is 0 Å². The Balaban J connectivity index is 3.34. The van der Waals surface area contributed by atoms with Crippen LogP contribution in [-0.2, 0) is 10.2 Å². The number of carbonyl (C=O) groups is 1. The average molecular weight is 239 g/mol. The monoisotopic (exact) mass is 238 g/mol. The Morgan fingerprint density at radius 1 is 1.43 bits per heavy atom. The van der Waals surface area contributed by atoms with Gasteiger partial charge in [-0.2, -0.15) is 8.42 Å². The van der Waals surface area contributed by atoms with Gasteiger partial charge in [-0.1, -0.05) is 11.6 Å². The van der Waals surface area contributed by atoms with E-state index in [1.54, 1.807) is 0 Å². The van der Waals surface area contributed by atoms with Gasteiger partial charge in [0.25, 0.3) is 0 Å². The van der Waals surface area contributed by atoms with E-state index in [2.05, 4.69) is 0 Å². The molecule has 7 heteroatoms. The minimum Gasteiger partial charge on any atom is -0.478 e. The van der Waals surface area contributed by atoms with Gasteiger partial charge < -0.3 is 5.11 Å². The first-order valence-electron chi connectivity index (χ1n) is 3.30. The lowest BCUT2D eigenvalue weighted by atomic mass is 10.2. The highest BCUT2D eigenvalue weighted by atomic mass is 35.5. The molecule has 0 heterocycles. The van der Waals surface area contributed by atoms with Gasteiger partial charge in [0, 0.05) is 0 Å². The second kappa shape index (κ2) is 3.55. The van der Waals surface area contributed by atoms with E-state index in [4.69, 9.17) is 16.7 Å². The Kier molecular flexibility index (Phi) is 2.77. The van der Waals surface area contributed by atoms with Gasteiger partial charge in [-0.25, -0.2) is 4.79 Å². The van der Waals surface area contributed by atoms with Crippen LogP contribution in [-0.4, -0.2) is 19.5 Å². The molecule has 1 N–H and O–H groups in total. The summed E-state index contributed by atoms with van der Waals surface area (Å²) in [6, 6.07) is 2.52. The molecule has 0 aliphatic rings. The van der Waals surface area contributed by atoms with Crippen LogP contribution in [0.1, 0.15) is 10.4 Å². The van der Waals surface area contributed by atoms with Crippen molar-refractivity contribution in [1.82, 2.24) is 0 Å². The number of hydrogen-bond acceptors (Lipinski definition) is 3. The molecule has 0 aliphatic heterocycles. The number of carboxylic acids is 1. The Morgan fingerprint density at radius 3 is 2.36 bits per heavy atom. The van der Waals surface area contributed by atoms with Crippen molar-refractivity contribution in [1.29, 1.82) is 0 Å². The van der Waals surface area contributed by atoms with Crippen LogP contribution < -0.4 is 0 Å². The quantitative estimate of drug-likeness (QED) is 0.796. The smallest absolute Gasteiger partial charge is 0.337 e. The van der Waals surface area contributed by atoms with Crippen LogP contribution in [0.2, 0.25) is 5.02 Å². The summed E-state index contributed by atoms with van der Waals surface area (Å²) < 4.78 is 33.2. The molecule has 1 aromatic rings. The van der Waals surface area contributed by atoms with E-state index >= 15 is 0 Å². The molecule has 4 nitrogen and oxygen atoms in total. The van der Waals surface area contributed by atoms with Gasteiger partial charge in [-0.3, -0.25) is 0 Å². The Bertz CT molecular complexity index is 482. The molecule has 1 aromatic carbocycles. The summed E-state index contributed by atoms with van der Waals surface area (Å²) >= 11 is 5.42. The summed E-state index contributed by atoms with van der Waals surface area (Å²) in [5, 5.41) is 8.21. The van der Waals surface area contributed by atoms with E-state index in [1.807, 2.05) is 0 Å². The number of halogens is 2. The molecule has 0 amide bonds. The Labute approximate surface area is 84.1 Å². The number of aromatic carboxylic acids is 1. The van der Waals surface area contributed by atoms with Gasteiger partial charge in [-0.15, -0.1) is 3.89 Å². The molecule has 0 aromatic heterocycles. The highest BCUT2D eigenvalue weighted by molar-refractivity contribution is 7.86. The van der Waals surface area contributed by atoms with Crippen LogP contribution in [0.3, 0.4) is 0 Å². The van der Waals surface area contributed by atoms with E-state index in [0.717, 1.165) is 18.2 Å². The molecule has 0 unspecified atom stereocenters. The van der Waals surface area contributed by atoms with Crippen molar-refractivity contribution in [3.05, 3.63) is 28.8 Å². The minimum atomic E-state index is -4.85. The minimum absolute atomic E-state index is 0.279. The van der Waals surface area contributed by atoms with Gasteiger partial charge in [0.05, 0.1) is 10.6 Å². The zero-order valence-corrected chi connectivity index (χ0v) is 8.14. The summed E-state index contributed by atoms with van der Waals surface area (Å²) in [6.07, 6.45) is 0. The lowest BCUT2D eigenvalue weighted by Gasteiger charge is -1.99. The average Bonchev–Trinajstić information content (AvgIpc) is 2.01. The normalized spacial score (nSPS) is 11.3. The first kappa shape index (κ1) is 10.9. The van der Waals surface area contributed by atoms with Crippen LogP contribution in [0.15, 0.2) is 23.1 Å². The lowest BCUT2D eigenvalue weighted by molar-refractivity contribution is 0.0697. The van der Waals surface area contributed by atoms with Crippen molar-refractivity contribution in [3.63, 3.8) is 0 Å². The number of benzene rings is 1. The molecule has 0 spiro atoms. The van der Waals surface area contributed by atoms with E-state index in [0.29, 0.717) is 0 Å². The van der Waals surface area contributed by atoms with Crippen LogP contribution >= 0.6 is 11.6 Å². The van der Waals surface area contributed by atoms with Crippen LogP contribution in [0.25, 0.3) is 0 Å². The molecule has 76 valence electrons. The predicted molar refractivity (Wildman–Crippen MR) is 46.7 cm³/mol. The van der Waals surface area contributed by atoms with Gasteiger partial charge in [0.2, 0.25) is 0 Å². The number of rotatable bonds is 2. The van der Waals surface area contributed by atoms with E-state index in [1.165, 1.54) is 0 Å². The number of carboxylic acid groups (broad SMARTS) is 1. The maximum absolute atomic E-state index is 12.4. The third-order valence-corrected chi connectivity index (χ3v) is 2.58. The van der Waals surface area contributed by atoms with Crippen molar-refractivity contribution >= 4 is 27.8 Å². The third kappa shape index (κ3) is 2.21. The second-order valence-electron chi connectivity index (χ2n) is 2.38. The largest absolute Gasteiger partial charge is 0.478 e. The fourth-order valence-electron chi connectivity index (χ4n) is 0.821. The molecule has 0 saturated carbocycles. The molecule has 0 aliphatic carbocycles. The first-order chi connectivity index (χ1) is 6.32. The summed E-state index contributed by atoms with van der Waals surface area (Å²) in [5.41, 5.74) is -0.279. The molecular formula is C7H4ClFO4S. The maximum atomic E-state index is 12.4. The van der Waals surface area contributed by atoms with Crippen LogP contribution in [0.4, 0.5) is 3.89 Å². The summed E-state index contributed by atoms with van der Waals surface area (Å²) in [6.45, 7) is 0. The fourth-order valence-corrected chi connectivity index (χ4v) is 1.64. The fraction of sp³-hybridized carbons (Fsp3) is 0. The highest BCUT2D eigenvalue weighted by Crippen LogP contribution is 2.21. The molecule has 14 heavy (non-hydrogen) atoms. The topological polar surface area (TPSA) is 71.4 Å². The van der Waals surface area contributed by atoms with Crippen molar-refractivity contribution in [2.24, 2.45) is 0 Å². The first-order valence-corrected chi connectivity index (χ1v) is 5.06. The lowest BCUT2D eigenvalue weighted by Crippen LogP contribution is -1.99. The Hall–Kier alpha value is -1.14. The SMILES string of the molecule is O=C(O)c1ccc(S(=O)(=O)F)cc1Cl. The molecule has 0 atom stereocenters. The van der Waals surface area contributed by atoms with Crippen molar-refractivity contribution in [2.45, 2.75) is 4.90 Å². The summed E-state index contributed by atoms with van der Waals surface area (Å²) in [7, 11) is -4.85. The Morgan fingerprint density at radius 2 is 2.00 bits per heavy atom. The van der Waals surface area contributed by atoms with Crippen molar-refractivity contribution in [3.8, 4) is 0 Å². The molecular weight excluding hydrogens is 235 g/mol. The zero-order chi connectivity index (χ0) is 10.9. The summed E-state index contributed by atoms with van der Waals surface area (Å²) in [5.74, 6) is -1.31. The number of hydrogen-bond donors (Lipinski definition) is 1. The second-order valence-corrected chi connectivity index (χ2v) is 4.14. The molecule has 0 fully saturated rings. The molecule has 0 saturated heterocycles. The van der Waals surface area contributed by atoms with Crippen molar-refractivity contribution in [2.75, 3.05) is 0 Å². The van der Waals surface area contributed by atoms with E-state index in [-0.39, 0.29) is 10.6 Å².